The van der Waals surface area contributed by atoms with E-state index in [1.54, 1.807) is 60.7 Å². The van der Waals surface area contributed by atoms with Crippen LogP contribution in [0.5, 0.6) is 5.75 Å². The number of amides is 6. The smallest absolute Gasteiger partial charge is 0.326 e. The van der Waals surface area contributed by atoms with Gasteiger partial charge >= 0.3 is 11.9 Å². The predicted octanol–water partition coefficient (Wildman–Crippen LogP) is -1.26. The molecule has 0 saturated heterocycles. The number of carboxylic acids is 2. The van der Waals surface area contributed by atoms with Gasteiger partial charge in [-0.15, -0.1) is 0 Å². The third kappa shape index (κ3) is 15.3. The maximum Gasteiger partial charge on any atom is 0.326 e. The summed E-state index contributed by atoms with van der Waals surface area (Å²) < 4.78 is 0. The van der Waals surface area contributed by atoms with Gasteiger partial charge < -0.3 is 53.0 Å². The summed E-state index contributed by atoms with van der Waals surface area (Å²) in [5.74, 6) is -9.51. The zero-order chi connectivity index (χ0) is 39.9. The van der Waals surface area contributed by atoms with Gasteiger partial charge in [-0.1, -0.05) is 53.7 Å². The topological polar surface area (TPSA) is 295 Å². The van der Waals surface area contributed by atoms with E-state index in [1.165, 1.54) is 12.1 Å². The Kier molecular flexibility index (Phi) is 18.2. The van der Waals surface area contributed by atoms with Crippen LogP contribution < -0.4 is 37.6 Å². The molecule has 0 aliphatic carbocycles. The lowest BCUT2D eigenvalue weighted by Crippen LogP contribution is -2.61. The van der Waals surface area contributed by atoms with Gasteiger partial charge in [-0.3, -0.25) is 33.6 Å². The highest BCUT2D eigenvalue weighted by atomic mass is 16.4. The van der Waals surface area contributed by atoms with Crippen LogP contribution in [0.15, 0.2) is 24.3 Å². The van der Waals surface area contributed by atoms with Crippen LogP contribution in [-0.2, 0) is 44.8 Å². The van der Waals surface area contributed by atoms with E-state index in [-0.39, 0.29) is 24.5 Å². The Labute approximate surface area is 302 Å². The van der Waals surface area contributed by atoms with Crippen molar-refractivity contribution in [3.05, 3.63) is 29.8 Å². The van der Waals surface area contributed by atoms with Gasteiger partial charge in [0.1, 0.15) is 36.0 Å². The van der Waals surface area contributed by atoms with E-state index in [0.717, 1.165) is 5.56 Å². The van der Waals surface area contributed by atoms with Crippen molar-refractivity contribution in [2.24, 2.45) is 23.5 Å². The van der Waals surface area contributed by atoms with Crippen LogP contribution in [0.2, 0.25) is 0 Å². The molecule has 52 heavy (non-hydrogen) atoms. The third-order valence-corrected chi connectivity index (χ3v) is 7.91. The highest BCUT2D eigenvalue weighted by molar-refractivity contribution is 5.98. The van der Waals surface area contributed by atoms with Crippen LogP contribution in [0.3, 0.4) is 0 Å². The van der Waals surface area contributed by atoms with Crippen molar-refractivity contribution >= 4 is 47.4 Å². The number of phenolic OH excluding ortho intramolecular Hbond substituents is 1. The summed E-state index contributed by atoms with van der Waals surface area (Å²) in [6.45, 7) is 9.97. The van der Waals surface area contributed by atoms with Crippen molar-refractivity contribution in [3.8, 4) is 5.75 Å². The van der Waals surface area contributed by atoms with Crippen molar-refractivity contribution in [2.75, 3.05) is 7.05 Å². The Balaban J connectivity index is 3.18. The number of primary amides is 1. The first-order valence-electron chi connectivity index (χ1n) is 16.9. The van der Waals surface area contributed by atoms with Gasteiger partial charge in [0, 0.05) is 0 Å². The highest BCUT2D eigenvalue weighted by Crippen LogP contribution is 2.13. The minimum atomic E-state index is -1.79. The van der Waals surface area contributed by atoms with Gasteiger partial charge in [0.2, 0.25) is 35.4 Å². The van der Waals surface area contributed by atoms with Gasteiger partial charge in [-0.25, -0.2) is 4.79 Å². The van der Waals surface area contributed by atoms with Gasteiger partial charge in [0.15, 0.2) is 0 Å². The number of hydrogen-bond donors (Lipinski definition) is 10. The van der Waals surface area contributed by atoms with Crippen molar-refractivity contribution in [2.45, 2.75) is 103 Å². The lowest BCUT2D eigenvalue weighted by atomic mass is 9.98. The number of nitrogens with two attached hydrogens (primary N) is 1. The number of carbonyl (C=O) groups excluding carboxylic acids is 6. The lowest BCUT2D eigenvalue weighted by Gasteiger charge is -2.29. The summed E-state index contributed by atoms with van der Waals surface area (Å²) in [7, 11) is 1.57. The zero-order valence-corrected chi connectivity index (χ0v) is 30.5. The molecule has 0 unspecified atom stereocenters. The Morgan fingerprint density at radius 3 is 1.46 bits per heavy atom. The van der Waals surface area contributed by atoms with Crippen molar-refractivity contribution in [1.82, 2.24) is 31.9 Å². The van der Waals surface area contributed by atoms with Crippen LogP contribution in [0.1, 0.15) is 66.4 Å². The standard InChI is InChI=1S/C34H53N7O11/c1-16(2)12-24(34(51)52)39-31(48)23(15-26(44)45)37-30(47)22(14-25(35)43)38-32(49)27(17(3)4)41-33(50)28(18(5)6)40-29(46)21(36-7)13-19-8-10-20(42)11-9-19/h8-11,16-18,21-24,27-28,36,42H,12-15H2,1-7H3,(H2,35,43)(H,37,47)(H,38,49)(H,39,48)(H,40,46)(H,41,50)(H,44,45)(H,51,52)/t21-,22-,23-,24-,27-,28-/m0/s1. The van der Waals surface area contributed by atoms with E-state index in [0.29, 0.717) is 0 Å². The van der Waals surface area contributed by atoms with Crippen molar-refractivity contribution in [1.29, 1.82) is 0 Å². The largest absolute Gasteiger partial charge is 0.508 e. The van der Waals surface area contributed by atoms with Gasteiger partial charge in [-0.2, -0.15) is 0 Å². The molecule has 6 amide bonds. The number of benzene rings is 1. The monoisotopic (exact) mass is 735 g/mol. The molecular weight excluding hydrogens is 682 g/mol. The quantitative estimate of drug-likeness (QED) is 0.0668. The van der Waals surface area contributed by atoms with Crippen LogP contribution in [0.25, 0.3) is 0 Å². The van der Waals surface area contributed by atoms with Crippen molar-refractivity contribution in [3.63, 3.8) is 0 Å². The molecule has 18 heteroatoms. The molecule has 0 bridgehead atoms. The molecule has 1 aromatic rings. The fraction of sp³-hybridized carbons (Fsp3) is 0.588. The Morgan fingerprint density at radius 1 is 0.615 bits per heavy atom. The number of carbonyl (C=O) groups is 8. The van der Waals surface area contributed by atoms with E-state index >= 15 is 0 Å². The summed E-state index contributed by atoms with van der Waals surface area (Å²) in [4.78, 5) is 102. The number of nitrogens with one attached hydrogen (secondary N) is 6. The minimum absolute atomic E-state index is 0.00864. The summed E-state index contributed by atoms with van der Waals surface area (Å²) in [6.07, 6.45) is -1.49. The van der Waals surface area contributed by atoms with E-state index in [9.17, 15) is 53.7 Å². The normalized spacial score (nSPS) is 14.7. The summed E-state index contributed by atoms with van der Waals surface area (Å²) in [6, 6.07) is -1.81. The SMILES string of the molecule is CN[C@@H](Cc1ccc(O)cc1)C(=O)N[C@H](C(=O)N[C@H](C(=O)N[C@@H](CC(N)=O)C(=O)N[C@@H](CC(=O)O)C(=O)N[C@@H](CC(C)C)C(=O)O)C(C)C)C(C)C. The Bertz CT molecular complexity index is 1430. The molecule has 6 atom stereocenters. The Hall–Kier alpha value is -5.26. The molecule has 11 N–H and O–H groups in total. The third-order valence-electron chi connectivity index (χ3n) is 7.91. The predicted molar refractivity (Wildman–Crippen MR) is 187 cm³/mol. The second-order valence-electron chi connectivity index (χ2n) is 13.6. The molecule has 0 fully saturated rings. The minimum Gasteiger partial charge on any atom is -0.508 e. The lowest BCUT2D eigenvalue weighted by molar-refractivity contribution is -0.144. The number of carboxylic acid groups (broad SMARTS) is 2. The molecule has 0 spiro atoms. The molecule has 1 rings (SSSR count). The Morgan fingerprint density at radius 2 is 1.04 bits per heavy atom. The average molecular weight is 736 g/mol. The molecule has 1 aromatic carbocycles. The molecule has 0 aliphatic heterocycles. The van der Waals surface area contributed by atoms with Crippen LogP contribution in [-0.4, -0.2) is 106 Å². The van der Waals surface area contributed by atoms with E-state index in [4.69, 9.17) is 5.73 Å². The number of rotatable bonds is 22. The first-order valence-corrected chi connectivity index (χ1v) is 16.9. The summed E-state index contributed by atoms with van der Waals surface area (Å²) in [5.41, 5.74) is 6.06. The van der Waals surface area contributed by atoms with Gasteiger partial charge in [0.05, 0.1) is 18.9 Å². The van der Waals surface area contributed by atoms with Crippen LogP contribution >= 0.6 is 0 Å². The molecule has 0 aliphatic rings. The summed E-state index contributed by atoms with van der Waals surface area (Å²) >= 11 is 0. The molecule has 290 valence electrons. The van der Waals surface area contributed by atoms with Crippen molar-refractivity contribution < 1.29 is 53.7 Å². The average Bonchev–Trinajstić information content (AvgIpc) is 3.03. The van der Waals surface area contributed by atoms with Crippen LogP contribution in [0.4, 0.5) is 0 Å². The molecule has 0 saturated carbocycles. The number of phenols is 1. The fourth-order valence-electron chi connectivity index (χ4n) is 5.05. The fourth-order valence-corrected chi connectivity index (χ4v) is 5.05. The zero-order valence-electron chi connectivity index (χ0n) is 30.5. The second kappa shape index (κ2) is 21.2. The number of likely N-dealkylation sites (N-methyl/N-ethyl adjacent to an activating group) is 1. The molecule has 0 heterocycles. The molecular formula is C34H53N7O11. The van der Waals surface area contributed by atoms with Crippen LogP contribution in [0, 0.1) is 17.8 Å². The van der Waals surface area contributed by atoms with Gasteiger partial charge in [-0.05, 0) is 55.3 Å². The van der Waals surface area contributed by atoms with E-state index in [1.807, 2.05) is 0 Å². The number of aliphatic carboxylic acids is 2. The molecule has 0 radical (unpaired) electrons. The maximum atomic E-state index is 13.5. The maximum absolute atomic E-state index is 13.5. The second-order valence-corrected chi connectivity index (χ2v) is 13.6. The van der Waals surface area contributed by atoms with E-state index in [2.05, 4.69) is 31.9 Å². The highest BCUT2D eigenvalue weighted by Gasteiger charge is 2.36. The summed E-state index contributed by atoms with van der Waals surface area (Å²) in [5, 5.41) is 43.3. The first-order chi connectivity index (χ1) is 24.2. The molecule has 18 nitrogen and oxygen atoms in total. The first kappa shape index (κ1) is 44.8. The molecule has 0 aromatic heterocycles. The van der Waals surface area contributed by atoms with Gasteiger partial charge in [0.25, 0.3) is 0 Å². The number of hydrogen-bond acceptors (Lipinski definition) is 10. The van der Waals surface area contributed by atoms with E-state index < -0.39 is 108 Å². The number of aromatic hydroxyl groups is 1.